The molecule has 0 aromatic heterocycles. The van der Waals surface area contributed by atoms with E-state index < -0.39 is 0 Å². The molecule has 1 rings (SSSR count). The van der Waals surface area contributed by atoms with E-state index in [1.54, 1.807) is 18.2 Å². The van der Waals surface area contributed by atoms with Crippen LogP contribution in [0, 0.1) is 11.3 Å². The van der Waals surface area contributed by atoms with Crippen LogP contribution in [0.25, 0.3) is 0 Å². The Balaban J connectivity index is 3.03. The molecular formula is C11H11NO2. The summed E-state index contributed by atoms with van der Waals surface area (Å²) in [7, 11) is 1.51. The molecule has 3 heteroatoms. The van der Waals surface area contributed by atoms with Crippen molar-refractivity contribution < 1.29 is 9.53 Å². The summed E-state index contributed by atoms with van der Waals surface area (Å²) < 4.78 is 5.02. The summed E-state index contributed by atoms with van der Waals surface area (Å²) in [5.74, 6) is 0.614. The number of carbonyl (C=O) groups is 1. The van der Waals surface area contributed by atoms with Gasteiger partial charge in [-0.15, -0.1) is 0 Å². The maximum Gasteiger partial charge on any atom is 0.136 e. The Morgan fingerprint density at radius 1 is 1.57 bits per heavy atom. The number of methoxy groups -OCH3 is 1. The predicted octanol–water partition coefficient (Wildman–Crippen LogP) is 1.70. The lowest BCUT2D eigenvalue weighted by atomic mass is 9.96. The predicted molar refractivity (Wildman–Crippen MR) is 52.1 cm³/mol. The molecule has 0 radical (unpaired) electrons. The van der Waals surface area contributed by atoms with Gasteiger partial charge in [0.15, 0.2) is 0 Å². The SMILES string of the molecule is COc1cc(CC(C)=O)ccc1[11C]#N. The highest BCUT2D eigenvalue weighted by atomic mass is 16.5. The summed E-state index contributed by atoms with van der Waals surface area (Å²) >= 11 is 0. The lowest BCUT2D eigenvalue weighted by Gasteiger charge is -2.04. The first-order valence-corrected chi connectivity index (χ1v) is 4.24. The molecule has 0 spiro atoms. The van der Waals surface area contributed by atoms with Crippen molar-refractivity contribution in [2.24, 2.45) is 0 Å². The molecule has 0 bridgehead atoms. The molecule has 0 N–H and O–H groups in total. The van der Waals surface area contributed by atoms with Gasteiger partial charge in [0, 0.05) is 6.42 Å². The minimum atomic E-state index is 0.0942. The Kier molecular flexibility index (Phi) is 3.24. The maximum absolute atomic E-state index is 10.9. The number of nitrogens with zero attached hydrogens (tertiary/aromatic N) is 1. The molecule has 0 atom stereocenters. The third kappa shape index (κ3) is 2.33. The number of benzene rings is 1. The van der Waals surface area contributed by atoms with Crippen molar-refractivity contribution >= 4 is 5.78 Å². The van der Waals surface area contributed by atoms with Crippen LogP contribution >= 0.6 is 0 Å². The van der Waals surface area contributed by atoms with E-state index in [1.807, 2.05) is 6.07 Å². The summed E-state index contributed by atoms with van der Waals surface area (Å²) in [6, 6.07) is 7.17. The fraction of sp³-hybridized carbons (Fsp3) is 0.273. The molecule has 3 nitrogen and oxygen atoms in total. The monoisotopic (exact) mass is 188 g/mol. The van der Waals surface area contributed by atoms with Crippen molar-refractivity contribution in [1.29, 1.82) is 5.26 Å². The van der Waals surface area contributed by atoms with Crippen LogP contribution in [0.2, 0.25) is 0 Å². The Hall–Kier alpha value is -1.82. The Morgan fingerprint density at radius 3 is 2.79 bits per heavy atom. The summed E-state index contributed by atoms with van der Waals surface area (Å²) in [4.78, 5) is 10.9. The van der Waals surface area contributed by atoms with Gasteiger partial charge >= 0.3 is 0 Å². The van der Waals surface area contributed by atoms with E-state index in [1.165, 1.54) is 14.0 Å². The molecule has 1 aromatic rings. The van der Waals surface area contributed by atoms with Crippen molar-refractivity contribution in [3.8, 4) is 11.8 Å². The van der Waals surface area contributed by atoms with E-state index in [9.17, 15) is 4.79 Å². The molecule has 14 heavy (non-hydrogen) atoms. The van der Waals surface area contributed by atoms with Gasteiger partial charge in [0.05, 0.1) is 12.7 Å². The zero-order valence-electron chi connectivity index (χ0n) is 8.20. The molecule has 0 fully saturated rings. The molecule has 0 amide bonds. The van der Waals surface area contributed by atoms with Crippen molar-refractivity contribution in [1.82, 2.24) is 0 Å². The van der Waals surface area contributed by atoms with Gasteiger partial charge in [-0.25, -0.2) is 0 Å². The number of nitriles is 1. The van der Waals surface area contributed by atoms with Crippen molar-refractivity contribution in [2.45, 2.75) is 13.3 Å². The van der Waals surface area contributed by atoms with Gasteiger partial charge in [-0.05, 0) is 24.6 Å². The highest BCUT2D eigenvalue weighted by molar-refractivity contribution is 5.78. The molecule has 0 aliphatic heterocycles. The van der Waals surface area contributed by atoms with E-state index in [4.69, 9.17) is 10.00 Å². The summed E-state index contributed by atoms with van der Waals surface area (Å²) in [5.41, 5.74) is 1.35. The van der Waals surface area contributed by atoms with Crippen LogP contribution in [-0.4, -0.2) is 12.9 Å². The van der Waals surface area contributed by atoms with Crippen LogP contribution in [0.4, 0.5) is 0 Å². The van der Waals surface area contributed by atoms with Crippen LogP contribution in [0.5, 0.6) is 5.75 Å². The molecule has 0 saturated carbocycles. The number of ether oxygens (including phenoxy) is 1. The molecule has 0 aliphatic rings. The Bertz CT molecular complexity index is 391. The average Bonchev–Trinajstić information content (AvgIpc) is 2.16. The van der Waals surface area contributed by atoms with Gasteiger partial charge in [0.2, 0.25) is 0 Å². The highest BCUT2D eigenvalue weighted by Crippen LogP contribution is 2.19. The normalized spacial score (nSPS) is 9.21. The Morgan fingerprint density at radius 2 is 2.29 bits per heavy atom. The second-order valence-corrected chi connectivity index (χ2v) is 3.03. The fourth-order valence-electron chi connectivity index (χ4n) is 1.23. The molecular weight excluding hydrogens is 177 g/mol. The molecule has 0 heterocycles. The van der Waals surface area contributed by atoms with Gasteiger partial charge in [0.25, 0.3) is 0 Å². The van der Waals surface area contributed by atoms with E-state index >= 15 is 0 Å². The van der Waals surface area contributed by atoms with Crippen LogP contribution in [0.1, 0.15) is 18.1 Å². The highest BCUT2D eigenvalue weighted by Gasteiger charge is 2.04. The number of carbonyl (C=O) groups excluding carboxylic acids is 1. The molecule has 72 valence electrons. The maximum atomic E-state index is 10.9. The van der Waals surface area contributed by atoms with E-state index in [0.717, 1.165) is 5.56 Å². The number of rotatable bonds is 3. The third-order valence-corrected chi connectivity index (χ3v) is 1.84. The smallest absolute Gasteiger partial charge is 0.136 e. The summed E-state index contributed by atoms with van der Waals surface area (Å²) in [5, 5.41) is 8.73. The number of hydrogen-bond donors (Lipinski definition) is 0. The first kappa shape index (κ1) is 10.3. The summed E-state index contributed by atoms with van der Waals surface area (Å²) in [6.45, 7) is 1.53. The zero-order valence-corrected chi connectivity index (χ0v) is 8.20. The van der Waals surface area contributed by atoms with Crippen LogP contribution in [0.3, 0.4) is 0 Å². The number of Topliss-reactive ketones (excluding diaryl/α,β-unsaturated/α-hetero) is 1. The largest absolute Gasteiger partial charge is 0.495 e. The lowest BCUT2D eigenvalue weighted by Crippen LogP contribution is -1.97. The van der Waals surface area contributed by atoms with Gasteiger partial charge in [0.1, 0.15) is 17.6 Å². The lowest BCUT2D eigenvalue weighted by molar-refractivity contribution is -0.116. The molecule has 0 unspecified atom stereocenters. The van der Waals surface area contributed by atoms with E-state index in [0.29, 0.717) is 17.7 Å². The standard InChI is InChI=1S/C11H11NO2/c1-8(13)5-9-3-4-10(7-12)11(6-9)14-2/h3-4,6H,5H2,1-2H3/i7-1. The van der Waals surface area contributed by atoms with Crippen LogP contribution in [-0.2, 0) is 11.2 Å². The van der Waals surface area contributed by atoms with Crippen molar-refractivity contribution in [3.05, 3.63) is 29.3 Å². The minimum Gasteiger partial charge on any atom is -0.495 e. The molecule has 0 saturated heterocycles. The first-order valence-electron chi connectivity index (χ1n) is 4.24. The minimum absolute atomic E-state index is 0.0942. The van der Waals surface area contributed by atoms with E-state index in [-0.39, 0.29) is 5.78 Å². The number of ketones is 1. The quantitative estimate of drug-likeness (QED) is 0.725. The van der Waals surface area contributed by atoms with E-state index in [2.05, 4.69) is 0 Å². The van der Waals surface area contributed by atoms with Crippen LogP contribution in [0.15, 0.2) is 18.2 Å². The fourth-order valence-corrected chi connectivity index (χ4v) is 1.23. The average molecular weight is 188 g/mol. The van der Waals surface area contributed by atoms with Crippen molar-refractivity contribution in [2.75, 3.05) is 7.11 Å². The van der Waals surface area contributed by atoms with Crippen LogP contribution < -0.4 is 4.74 Å². The second kappa shape index (κ2) is 4.43. The van der Waals surface area contributed by atoms with Gasteiger partial charge < -0.3 is 4.74 Å². The zero-order chi connectivity index (χ0) is 10.6. The second-order valence-electron chi connectivity index (χ2n) is 3.03. The first-order chi connectivity index (χ1) is 6.67. The van der Waals surface area contributed by atoms with Gasteiger partial charge in [-0.2, -0.15) is 5.26 Å². The number of hydrogen-bond acceptors (Lipinski definition) is 3. The Labute approximate surface area is 82.9 Å². The molecule has 0 aliphatic carbocycles. The van der Waals surface area contributed by atoms with Gasteiger partial charge in [-0.3, -0.25) is 4.79 Å². The van der Waals surface area contributed by atoms with Crippen molar-refractivity contribution in [3.63, 3.8) is 0 Å². The summed E-state index contributed by atoms with van der Waals surface area (Å²) in [6.07, 6.45) is 0.377. The molecule has 1 aromatic carbocycles. The topological polar surface area (TPSA) is 50.1 Å². The third-order valence-electron chi connectivity index (χ3n) is 1.84. The van der Waals surface area contributed by atoms with Gasteiger partial charge in [-0.1, -0.05) is 6.07 Å².